The fraction of sp³-hybridized carbons (Fsp3) is 0.133. The van der Waals surface area contributed by atoms with Gasteiger partial charge in [-0.3, -0.25) is 0 Å². The highest BCUT2D eigenvalue weighted by atomic mass is 79.9. The Morgan fingerprint density at radius 3 is 2.05 bits per heavy atom. The molecule has 0 saturated heterocycles. The Labute approximate surface area is 131 Å². The maximum absolute atomic E-state index is 12.1. The van der Waals surface area contributed by atoms with E-state index in [1.807, 2.05) is 12.1 Å². The molecule has 0 atom stereocenters. The normalized spacial score (nSPS) is 9.86. The monoisotopic (exact) mass is 350 g/mol. The molecule has 2 rings (SSSR count). The lowest BCUT2D eigenvalue weighted by atomic mass is 10.2. The summed E-state index contributed by atoms with van der Waals surface area (Å²) >= 11 is 3.34. The van der Waals surface area contributed by atoms with Crippen LogP contribution in [-0.4, -0.2) is 20.3 Å². The standard InChI is InChI=1S/C15H15BrN2O3/c1-20-12-4-3-5-13(21-2)14(12)18-15(19)17-11-8-6-10(16)7-9-11/h3-9H,1-2H3,(H2,17,18,19). The first-order valence-electron chi connectivity index (χ1n) is 6.18. The zero-order valence-corrected chi connectivity index (χ0v) is 13.2. The van der Waals surface area contributed by atoms with Gasteiger partial charge in [-0.05, 0) is 36.4 Å². The molecule has 0 saturated carbocycles. The molecule has 0 heterocycles. The number of methoxy groups -OCH3 is 2. The quantitative estimate of drug-likeness (QED) is 0.872. The lowest BCUT2D eigenvalue weighted by Gasteiger charge is -2.14. The average molecular weight is 351 g/mol. The number of nitrogens with one attached hydrogen (secondary N) is 2. The molecule has 0 spiro atoms. The van der Waals surface area contributed by atoms with Crippen molar-refractivity contribution in [1.82, 2.24) is 0 Å². The summed E-state index contributed by atoms with van der Waals surface area (Å²) in [7, 11) is 3.07. The summed E-state index contributed by atoms with van der Waals surface area (Å²) < 4.78 is 11.4. The van der Waals surface area contributed by atoms with Gasteiger partial charge in [-0.25, -0.2) is 4.79 Å². The molecule has 0 aliphatic rings. The number of hydrogen-bond acceptors (Lipinski definition) is 3. The van der Waals surface area contributed by atoms with Gasteiger partial charge in [0.2, 0.25) is 0 Å². The molecule has 0 fully saturated rings. The van der Waals surface area contributed by atoms with Crippen LogP contribution in [0.4, 0.5) is 16.2 Å². The van der Waals surface area contributed by atoms with Crippen molar-refractivity contribution in [1.29, 1.82) is 0 Å². The minimum absolute atomic E-state index is 0.375. The predicted octanol–water partition coefficient (Wildman–Crippen LogP) is 4.11. The van der Waals surface area contributed by atoms with Gasteiger partial charge in [-0.15, -0.1) is 0 Å². The summed E-state index contributed by atoms with van der Waals surface area (Å²) in [5.74, 6) is 1.06. The van der Waals surface area contributed by atoms with Crippen LogP contribution in [0, 0.1) is 0 Å². The first-order chi connectivity index (χ1) is 10.1. The Morgan fingerprint density at radius 2 is 1.52 bits per heavy atom. The summed E-state index contributed by atoms with van der Waals surface area (Å²) in [5.41, 5.74) is 1.17. The van der Waals surface area contributed by atoms with Gasteiger partial charge in [-0.1, -0.05) is 22.0 Å². The van der Waals surface area contributed by atoms with E-state index in [4.69, 9.17) is 9.47 Å². The number of halogens is 1. The number of hydrogen-bond donors (Lipinski definition) is 2. The van der Waals surface area contributed by atoms with Crippen LogP contribution >= 0.6 is 15.9 Å². The largest absolute Gasteiger partial charge is 0.494 e. The van der Waals surface area contributed by atoms with Gasteiger partial charge in [0.1, 0.15) is 17.2 Å². The highest BCUT2D eigenvalue weighted by molar-refractivity contribution is 9.10. The molecule has 0 radical (unpaired) electrons. The molecule has 5 nitrogen and oxygen atoms in total. The van der Waals surface area contributed by atoms with E-state index in [0.29, 0.717) is 22.9 Å². The second kappa shape index (κ2) is 6.99. The van der Waals surface area contributed by atoms with Crippen molar-refractivity contribution in [3.8, 4) is 11.5 Å². The molecular formula is C15H15BrN2O3. The first-order valence-corrected chi connectivity index (χ1v) is 6.98. The maximum atomic E-state index is 12.1. The molecule has 2 aromatic carbocycles. The topological polar surface area (TPSA) is 59.6 Å². The molecule has 0 unspecified atom stereocenters. The number of amides is 2. The molecule has 6 heteroatoms. The Bertz CT molecular complexity index is 607. The SMILES string of the molecule is COc1cccc(OC)c1NC(=O)Nc1ccc(Br)cc1. The minimum atomic E-state index is -0.375. The number of anilines is 2. The van der Waals surface area contributed by atoms with E-state index in [1.165, 1.54) is 14.2 Å². The van der Waals surface area contributed by atoms with Crippen molar-refractivity contribution >= 4 is 33.3 Å². The van der Waals surface area contributed by atoms with E-state index in [-0.39, 0.29) is 6.03 Å². The van der Waals surface area contributed by atoms with Crippen LogP contribution in [0.1, 0.15) is 0 Å². The number of urea groups is 1. The fourth-order valence-corrected chi connectivity index (χ4v) is 2.05. The van der Waals surface area contributed by atoms with Gasteiger partial charge < -0.3 is 20.1 Å². The fourth-order valence-electron chi connectivity index (χ4n) is 1.78. The van der Waals surface area contributed by atoms with Crippen molar-refractivity contribution in [3.05, 3.63) is 46.9 Å². The third-order valence-corrected chi connectivity index (χ3v) is 3.30. The molecule has 110 valence electrons. The van der Waals surface area contributed by atoms with Crippen molar-refractivity contribution in [2.75, 3.05) is 24.9 Å². The lowest BCUT2D eigenvalue weighted by molar-refractivity contribution is 0.262. The zero-order chi connectivity index (χ0) is 15.2. The van der Waals surface area contributed by atoms with Gasteiger partial charge >= 0.3 is 6.03 Å². The summed E-state index contributed by atoms with van der Waals surface area (Å²) in [6.07, 6.45) is 0. The summed E-state index contributed by atoms with van der Waals surface area (Å²) in [5, 5.41) is 5.47. The Hall–Kier alpha value is -2.21. The van der Waals surface area contributed by atoms with Gasteiger partial charge in [0.15, 0.2) is 0 Å². The van der Waals surface area contributed by atoms with Crippen LogP contribution in [0.25, 0.3) is 0 Å². The zero-order valence-electron chi connectivity index (χ0n) is 11.6. The average Bonchev–Trinajstić information content (AvgIpc) is 2.49. The van der Waals surface area contributed by atoms with E-state index in [1.54, 1.807) is 30.3 Å². The summed E-state index contributed by atoms with van der Waals surface area (Å²) in [6, 6.07) is 12.2. The number of para-hydroxylation sites is 1. The lowest BCUT2D eigenvalue weighted by Crippen LogP contribution is -2.20. The third-order valence-electron chi connectivity index (χ3n) is 2.77. The summed E-state index contributed by atoms with van der Waals surface area (Å²) in [6.45, 7) is 0. The van der Waals surface area contributed by atoms with Crippen molar-refractivity contribution in [2.24, 2.45) is 0 Å². The van der Waals surface area contributed by atoms with Crippen LogP contribution in [0.3, 0.4) is 0 Å². The highest BCUT2D eigenvalue weighted by Crippen LogP contribution is 2.34. The second-order valence-corrected chi connectivity index (χ2v) is 5.04. The van der Waals surface area contributed by atoms with Crippen LogP contribution in [-0.2, 0) is 0 Å². The maximum Gasteiger partial charge on any atom is 0.323 e. The predicted molar refractivity (Wildman–Crippen MR) is 86.3 cm³/mol. The molecule has 2 amide bonds. The first kappa shape index (κ1) is 15.2. The van der Waals surface area contributed by atoms with E-state index in [9.17, 15) is 4.79 Å². The molecule has 2 N–H and O–H groups in total. The molecular weight excluding hydrogens is 336 g/mol. The number of rotatable bonds is 4. The van der Waals surface area contributed by atoms with Gasteiger partial charge in [0, 0.05) is 10.2 Å². The minimum Gasteiger partial charge on any atom is -0.494 e. The summed E-state index contributed by atoms with van der Waals surface area (Å²) in [4.78, 5) is 12.1. The highest BCUT2D eigenvalue weighted by Gasteiger charge is 2.13. The second-order valence-electron chi connectivity index (χ2n) is 4.12. The van der Waals surface area contributed by atoms with E-state index in [0.717, 1.165) is 4.47 Å². The van der Waals surface area contributed by atoms with Crippen LogP contribution in [0.2, 0.25) is 0 Å². The van der Waals surface area contributed by atoms with Crippen LogP contribution < -0.4 is 20.1 Å². The van der Waals surface area contributed by atoms with Gasteiger partial charge in [-0.2, -0.15) is 0 Å². The van der Waals surface area contributed by atoms with Gasteiger partial charge in [0.05, 0.1) is 14.2 Å². The molecule has 0 bridgehead atoms. The number of benzene rings is 2. The van der Waals surface area contributed by atoms with Crippen LogP contribution in [0.15, 0.2) is 46.9 Å². The number of ether oxygens (including phenoxy) is 2. The van der Waals surface area contributed by atoms with E-state index >= 15 is 0 Å². The van der Waals surface area contributed by atoms with E-state index in [2.05, 4.69) is 26.6 Å². The van der Waals surface area contributed by atoms with Crippen molar-refractivity contribution in [2.45, 2.75) is 0 Å². The molecule has 0 aliphatic carbocycles. The Kier molecular flexibility index (Phi) is 5.05. The van der Waals surface area contributed by atoms with Crippen molar-refractivity contribution < 1.29 is 14.3 Å². The number of carbonyl (C=O) groups is 1. The molecule has 2 aromatic rings. The molecule has 0 aromatic heterocycles. The Balaban J connectivity index is 2.14. The van der Waals surface area contributed by atoms with Crippen molar-refractivity contribution in [3.63, 3.8) is 0 Å². The van der Waals surface area contributed by atoms with Crippen LogP contribution in [0.5, 0.6) is 11.5 Å². The smallest absolute Gasteiger partial charge is 0.323 e. The van der Waals surface area contributed by atoms with Gasteiger partial charge in [0.25, 0.3) is 0 Å². The Morgan fingerprint density at radius 1 is 0.952 bits per heavy atom. The number of carbonyl (C=O) groups excluding carboxylic acids is 1. The third kappa shape index (κ3) is 3.88. The van der Waals surface area contributed by atoms with E-state index < -0.39 is 0 Å². The molecule has 0 aliphatic heterocycles. The molecule has 21 heavy (non-hydrogen) atoms.